The lowest BCUT2D eigenvalue weighted by Crippen LogP contribution is -2.92. The molecule has 0 spiro atoms. The molecule has 0 radical (unpaired) electrons. The Bertz CT molecular complexity index is 663. The van der Waals surface area contributed by atoms with Crippen LogP contribution in [-0.4, -0.2) is 25.1 Å². The second kappa shape index (κ2) is 9.13. The number of nitrogens with two attached hydrogens (primary N) is 1. The number of quaternary nitrogens is 1. The second-order valence-corrected chi connectivity index (χ2v) is 5.71. The van der Waals surface area contributed by atoms with E-state index in [0.717, 1.165) is 11.1 Å². The first kappa shape index (κ1) is 18.9. The first-order chi connectivity index (χ1) is 12.0. The largest absolute Gasteiger partial charge is 0.435 e. The lowest BCUT2D eigenvalue weighted by molar-refractivity contribution is -0.704. The molecule has 0 heterocycles. The van der Waals surface area contributed by atoms with Gasteiger partial charge in [0.15, 0.2) is 6.04 Å². The van der Waals surface area contributed by atoms with E-state index in [1.165, 1.54) is 12.1 Å². The van der Waals surface area contributed by atoms with Gasteiger partial charge in [-0.3, -0.25) is 4.79 Å². The number of halogens is 2. The molecule has 2 aromatic carbocycles. The standard InChI is InChI=1S/C19H22F2N2O2/c1-3-22-18(24)13(2)23-17(14-7-5-4-6-8-14)15-9-11-16(12-10-15)25-19(20)21/h4-13,17,19,23H,3H2,1-2H3,(H,22,24)/p+1/t13-,17+/m1/s1. The number of hydrogen-bond donors (Lipinski definition) is 2. The minimum absolute atomic E-state index is 0.0407. The van der Waals surface area contributed by atoms with E-state index in [2.05, 4.69) is 10.1 Å². The van der Waals surface area contributed by atoms with Gasteiger partial charge in [-0.25, -0.2) is 0 Å². The predicted octanol–water partition coefficient (Wildman–Crippen LogP) is 2.47. The van der Waals surface area contributed by atoms with E-state index >= 15 is 0 Å². The number of rotatable bonds is 8. The van der Waals surface area contributed by atoms with E-state index in [1.54, 1.807) is 12.1 Å². The van der Waals surface area contributed by atoms with Gasteiger partial charge in [0.2, 0.25) is 0 Å². The minimum atomic E-state index is -2.85. The molecule has 3 N–H and O–H groups in total. The zero-order valence-corrected chi connectivity index (χ0v) is 14.3. The Hall–Kier alpha value is -2.47. The zero-order chi connectivity index (χ0) is 18.2. The average Bonchev–Trinajstić information content (AvgIpc) is 2.61. The van der Waals surface area contributed by atoms with Crippen molar-refractivity contribution in [1.29, 1.82) is 0 Å². The van der Waals surface area contributed by atoms with Crippen molar-refractivity contribution in [3.63, 3.8) is 0 Å². The number of hydrogen-bond acceptors (Lipinski definition) is 2. The molecular formula is C19H23F2N2O2+. The number of carbonyl (C=O) groups is 1. The summed E-state index contributed by atoms with van der Waals surface area (Å²) < 4.78 is 29.0. The first-order valence-corrected chi connectivity index (χ1v) is 8.23. The van der Waals surface area contributed by atoms with Crippen molar-refractivity contribution in [3.05, 3.63) is 65.7 Å². The van der Waals surface area contributed by atoms with Crippen molar-refractivity contribution in [2.24, 2.45) is 0 Å². The Balaban J connectivity index is 2.24. The maximum Gasteiger partial charge on any atom is 0.387 e. The lowest BCUT2D eigenvalue weighted by Gasteiger charge is -2.21. The van der Waals surface area contributed by atoms with Gasteiger partial charge in [-0.15, -0.1) is 0 Å². The smallest absolute Gasteiger partial charge is 0.387 e. The molecule has 0 bridgehead atoms. The van der Waals surface area contributed by atoms with Crippen LogP contribution in [0.1, 0.15) is 31.0 Å². The Kier molecular flexibility index (Phi) is 6.89. The molecule has 0 aliphatic rings. The van der Waals surface area contributed by atoms with Crippen molar-refractivity contribution in [2.75, 3.05) is 6.54 Å². The summed E-state index contributed by atoms with van der Waals surface area (Å²) in [5, 5.41) is 4.77. The van der Waals surface area contributed by atoms with Crippen LogP contribution in [0.2, 0.25) is 0 Å². The molecular weight excluding hydrogens is 326 g/mol. The van der Waals surface area contributed by atoms with Crippen molar-refractivity contribution >= 4 is 5.91 Å². The fourth-order valence-corrected chi connectivity index (χ4v) is 2.64. The number of alkyl halides is 2. The fraction of sp³-hybridized carbons (Fsp3) is 0.316. The Labute approximate surface area is 146 Å². The Morgan fingerprint density at radius 3 is 2.24 bits per heavy atom. The van der Waals surface area contributed by atoms with Crippen LogP contribution in [0.5, 0.6) is 5.75 Å². The van der Waals surface area contributed by atoms with Gasteiger partial charge in [0.1, 0.15) is 11.8 Å². The highest BCUT2D eigenvalue weighted by molar-refractivity contribution is 5.79. The summed E-state index contributed by atoms with van der Waals surface area (Å²) in [6.07, 6.45) is 0. The minimum Gasteiger partial charge on any atom is -0.435 e. The van der Waals surface area contributed by atoms with E-state index in [0.29, 0.717) is 6.54 Å². The quantitative estimate of drug-likeness (QED) is 0.769. The molecule has 0 aromatic heterocycles. The maximum absolute atomic E-state index is 12.3. The highest BCUT2D eigenvalue weighted by atomic mass is 19.3. The SMILES string of the molecule is CCNC(=O)[C@@H](C)[NH2+][C@@H](c1ccccc1)c1ccc(OC(F)F)cc1. The number of ether oxygens (including phenoxy) is 1. The molecule has 2 atom stereocenters. The van der Waals surface area contributed by atoms with E-state index in [1.807, 2.05) is 49.5 Å². The van der Waals surface area contributed by atoms with Gasteiger partial charge in [-0.2, -0.15) is 8.78 Å². The summed E-state index contributed by atoms with van der Waals surface area (Å²) in [6.45, 7) is 1.45. The summed E-state index contributed by atoms with van der Waals surface area (Å²) in [5.74, 6) is 0.0726. The van der Waals surface area contributed by atoms with Crippen molar-refractivity contribution in [3.8, 4) is 5.75 Å². The summed E-state index contributed by atoms with van der Waals surface area (Å²) in [4.78, 5) is 12.1. The molecule has 25 heavy (non-hydrogen) atoms. The van der Waals surface area contributed by atoms with E-state index < -0.39 is 6.61 Å². The van der Waals surface area contributed by atoms with Crippen LogP contribution in [0.3, 0.4) is 0 Å². The van der Waals surface area contributed by atoms with Crippen LogP contribution in [0.25, 0.3) is 0 Å². The van der Waals surface area contributed by atoms with Crippen LogP contribution in [0, 0.1) is 0 Å². The average molecular weight is 349 g/mol. The number of benzene rings is 2. The van der Waals surface area contributed by atoms with Crippen LogP contribution < -0.4 is 15.4 Å². The second-order valence-electron chi connectivity index (χ2n) is 5.71. The van der Waals surface area contributed by atoms with Crippen LogP contribution in [-0.2, 0) is 4.79 Å². The van der Waals surface area contributed by atoms with E-state index in [-0.39, 0.29) is 23.7 Å². The maximum atomic E-state index is 12.3. The van der Waals surface area contributed by atoms with Crippen molar-refractivity contribution in [2.45, 2.75) is 32.5 Å². The molecule has 0 aliphatic heterocycles. The molecule has 2 aromatic rings. The summed E-state index contributed by atoms with van der Waals surface area (Å²) >= 11 is 0. The monoisotopic (exact) mass is 349 g/mol. The molecule has 4 nitrogen and oxygen atoms in total. The van der Waals surface area contributed by atoms with Gasteiger partial charge in [0.05, 0.1) is 0 Å². The molecule has 134 valence electrons. The molecule has 0 saturated heterocycles. The highest BCUT2D eigenvalue weighted by Gasteiger charge is 2.24. The third-order valence-electron chi connectivity index (χ3n) is 3.87. The number of carbonyl (C=O) groups excluding carboxylic acids is 1. The summed E-state index contributed by atoms with van der Waals surface area (Å²) in [5.41, 5.74) is 1.94. The number of amides is 1. The van der Waals surface area contributed by atoms with Gasteiger partial charge in [-0.05, 0) is 38.1 Å². The topological polar surface area (TPSA) is 54.9 Å². The number of likely N-dealkylation sites (N-methyl/N-ethyl adjacent to an activating group) is 1. The lowest BCUT2D eigenvalue weighted by atomic mass is 9.97. The van der Waals surface area contributed by atoms with Gasteiger partial charge < -0.3 is 15.4 Å². The van der Waals surface area contributed by atoms with Gasteiger partial charge in [0.25, 0.3) is 5.91 Å². The first-order valence-electron chi connectivity index (χ1n) is 8.23. The fourth-order valence-electron chi connectivity index (χ4n) is 2.64. The molecule has 2 rings (SSSR count). The van der Waals surface area contributed by atoms with Crippen molar-refractivity contribution in [1.82, 2.24) is 5.32 Å². The van der Waals surface area contributed by atoms with Crippen LogP contribution in [0.15, 0.2) is 54.6 Å². The third kappa shape index (κ3) is 5.53. The molecule has 0 fully saturated rings. The van der Waals surface area contributed by atoms with Crippen LogP contribution in [0.4, 0.5) is 8.78 Å². The normalized spacial score (nSPS) is 13.3. The van der Waals surface area contributed by atoms with Crippen molar-refractivity contribution < 1.29 is 23.6 Å². The Morgan fingerprint density at radius 1 is 1.08 bits per heavy atom. The van der Waals surface area contributed by atoms with Gasteiger partial charge >= 0.3 is 6.61 Å². The Morgan fingerprint density at radius 2 is 1.68 bits per heavy atom. The van der Waals surface area contributed by atoms with E-state index in [9.17, 15) is 13.6 Å². The third-order valence-corrected chi connectivity index (χ3v) is 3.87. The molecule has 1 amide bonds. The number of nitrogens with one attached hydrogen (secondary N) is 1. The molecule has 0 aliphatic carbocycles. The van der Waals surface area contributed by atoms with Crippen LogP contribution >= 0.6 is 0 Å². The molecule has 0 saturated carbocycles. The summed E-state index contributed by atoms with van der Waals surface area (Å²) in [7, 11) is 0. The molecule has 0 unspecified atom stereocenters. The van der Waals surface area contributed by atoms with E-state index in [4.69, 9.17) is 0 Å². The predicted molar refractivity (Wildman–Crippen MR) is 91.4 cm³/mol. The summed E-state index contributed by atoms with van der Waals surface area (Å²) in [6, 6.07) is 15.9. The zero-order valence-electron chi connectivity index (χ0n) is 14.3. The van der Waals surface area contributed by atoms with Gasteiger partial charge in [-0.1, -0.05) is 30.3 Å². The molecule has 6 heteroatoms. The van der Waals surface area contributed by atoms with Gasteiger partial charge in [0, 0.05) is 17.7 Å². The highest BCUT2D eigenvalue weighted by Crippen LogP contribution is 2.22.